The number of carbonyl (C=O) groups is 1. The van der Waals surface area contributed by atoms with Crippen LogP contribution >= 0.6 is 24.0 Å². The first-order chi connectivity index (χ1) is 17.0. The van der Waals surface area contributed by atoms with Crippen molar-refractivity contribution in [3.8, 4) is 0 Å². The van der Waals surface area contributed by atoms with E-state index in [0.29, 0.717) is 32.8 Å². The van der Waals surface area contributed by atoms with Gasteiger partial charge in [0.1, 0.15) is 15.8 Å². The van der Waals surface area contributed by atoms with Crippen LogP contribution in [0.25, 0.3) is 11.7 Å². The van der Waals surface area contributed by atoms with E-state index in [9.17, 15) is 9.59 Å². The van der Waals surface area contributed by atoms with E-state index in [2.05, 4.69) is 10.3 Å². The van der Waals surface area contributed by atoms with Crippen molar-refractivity contribution in [2.24, 2.45) is 0 Å². The van der Waals surface area contributed by atoms with Gasteiger partial charge < -0.3 is 9.88 Å². The fourth-order valence-electron chi connectivity index (χ4n) is 4.73. The summed E-state index contributed by atoms with van der Waals surface area (Å²) in [5, 5.41) is 3.34. The molecule has 1 aliphatic carbocycles. The normalized spacial score (nSPS) is 18.2. The molecule has 4 heterocycles. The third kappa shape index (κ3) is 4.90. The summed E-state index contributed by atoms with van der Waals surface area (Å²) in [5.41, 5.74) is 1.67. The van der Waals surface area contributed by atoms with E-state index in [0.717, 1.165) is 44.2 Å². The second-order valence-electron chi connectivity index (χ2n) is 8.99. The number of pyridine rings is 1. The molecule has 1 saturated carbocycles. The smallest absolute Gasteiger partial charge is 0.267 e. The minimum absolute atomic E-state index is 0.105. The van der Waals surface area contributed by atoms with E-state index in [1.807, 2.05) is 29.8 Å². The zero-order chi connectivity index (χ0) is 24.4. The number of fused-ring (bicyclic) bond motifs is 1. The first kappa shape index (κ1) is 23.7. The molecule has 0 bridgehead atoms. The molecule has 0 aromatic carbocycles. The molecule has 8 nitrogen and oxygen atoms in total. The highest BCUT2D eigenvalue weighted by Crippen LogP contribution is 2.37. The molecule has 1 aliphatic heterocycles. The van der Waals surface area contributed by atoms with Crippen LogP contribution < -0.4 is 10.9 Å². The Balaban J connectivity index is 1.46. The lowest BCUT2D eigenvalue weighted by atomic mass is 9.94. The summed E-state index contributed by atoms with van der Waals surface area (Å²) >= 11 is 6.86. The first-order valence-corrected chi connectivity index (χ1v) is 13.2. The fraction of sp³-hybridized carbons (Fsp3) is 0.400. The summed E-state index contributed by atoms with van der Waals surface area (Å²) in [6.07, 6.45) is 15.1. The van der Waals surface area contributed by atoms with Crippen molar-refractivity contribution in [3.63, 3.8) is 0 Å². The van der Waals surface area contributed by atoms with E-state index in [4.69, 9.17) is 17.2 Å². The summed E-state index contributed by atoms with van der Waals surface area (Å²) in [6, 6.07) is 3.91. The maximum atomic E-state index is 13.5. The fourth-order valence-corrected chi connectivity index (χ4v) is 6.11. The van der Waals surface area contributed by atoms with Gasteiger partial charge in [0.2, 0.25) is 0 Å². The zero-order valence-electron chi connectivity index (χ0n) is 19.6. The molecule has 1 N–H and O–H groups in total. The Hall–Kier alpha value is -2.98. The highest BCUT2D eigenvalue weighted by Gasteiger charge is 2.37. The number of aryl methyl sites for hydroxylation is 2. The Kier molecular flexibility index (Phi) is 7.01. The molecule has 2 fully saturated rings. The Morgan fingerprint density at radius 1 is 1.23 bits per heavy atom. The highest BCUT2D eigenvalue weighted by molar-refractivity contribution is 8.26. The van der Waals surface area contributed by atoms with E-state index in [1.165, 1.54) is 18.2 Å². The van der Waals surface area contributed by atoms with Gasteiger partial charge >= 0.3 is 0 Å². The van der Waals surface area contributed by atoms with Gasteiger partial charge in [-0.2, -0.15) is 0 Å². The number of nitrogens with one attached hydrogen (secondary N) is 1. The summed E-state index contributed by atoms with van der Waals surface area (Å²) in [5.74, 6) is 0.379. The molecule has 1 saturated heterocycles. The summed E-state index contributed by atoms with van der Waals surface area (Å²) in [4.78, 5) is 38.0. The van der Waals surface area contributed by atoms with Crippen molar-refractivity contribution in [2.75, 3.05) is 11.9 Å². The molecule has 35 heavy (non-hydrogen) atoms. The van der Waals surface area contributed by atoms with Crippen molar-refractivity contribution in [2.45, 2.75) is 58.0 Å². The number of hydrogen-bond acceptors (Lipinski definition) is 7. The predicted molar refractivity (Wildman–Crippen MR) is 143 cm³/mol. The van der Waals surface area contributed by atoms with Crippen LogP contribution in [0.3, 0.4) is 0 Å². The van der Waals surface area contributed by atoms with Gasteiger partial charge in [0.15, 0.2) is 0 Å². The van der Waals surface area contributed by atoms with Gasteiger partial charge in [0.25, 0.3) is 11.5 Å². The average molecular weight is 509 g/mol. The van der Waals surface area contributed by atoms with E-state index in [-0.39, 0.29) is 17.5 Å². The first-order valence-electron chi connectivity index (χ1n) is 12.0. The molecule has 0 unspecified atom stereocenters. The Morgan fingerprint density at radius 2 is 2.06 bits per heavy atom. The van der Waals surface area contributed by atoms with Crippen LogP contribution in [0.15, 0.2) is 46.8 Å². The van der Waals surface area contributed by atoms with Crippen molar-refractivity contribution in [1.82, 2.24) is 23.8 Å². The molecule has 3 aromatic heterocycles. The van der Waals surface area contributed by atoms with Crippen LogP contribution in [0.4, 0.5) is 5.82 Å². The van der Waals surface area contributed by atoms with Crippen LogP contribution in [0, 0.1) is 6.92 Å². The van der Waals surface area contributed by atoms with Gasteiger partial charge in [-0.05, 0) is 43.9 Å². The number of nitrogens with zero attached hydrogens (tertiary/aromatic N) is 5. The lowest BCUT2D eigenvalue weighted by Crippen LogP contribution is -2.39. The summed E-state index contributed by atoms with van der Waals surface area (Å²) < 4.78 is 4.12. The van der Waals surface area contributed by atoms with Crippen LogP contribution in [0.5, 0.6) is 0 Å². The maximum Gasteiger partial charge on any atom is 0.267 e. The number of rotatable bonds is 7. The predicted octanol–water partition coefficient (Wildman–Crippen LogP) is 4.24. The number of thioether (sulfide) groups is 1. The number of hydrogen-bond donors (Lipinski definition) is 1. The van der Waals surface area contributed by atoms with E-state index in [1.54, 1.807) is 34.1 Å². The zero-order valence-corrected chi connectivity index (χ0v) is 21.3. The van der Waals surface area contributed by atoms with Gasteiger partial charge in [-0.25, -0.2) is 9.97 Å². The van der Waals surface area contributed by atoms with E-state index >= 15 is 0 Å². The van der Waals surface area contributed by atoms with Crippen LogP contribution in [-0.4, -0.2) is 46.6 Å². The highest BCUT2D eigenvalue weighted by atomic mass is 32.2. The Bertz CT molecular complexity index is 1340. The van der Waals surface area contributed by atoms with Gasteiger partial charge in [-0.3, -0.25) is 18.9 Å². The Labute approximate surface area is 213 Å². The maximum absolute atomic E-state index is 13.5. The summed E-state index contributed by atoms with van der Waals surface area (Å²) in [7, 11) is 0. The van der Waals surface area contributed by atoms with Gasteiger partial charge in [0, 0.05) is 37.7 Å². The standard InChI is InChI=1S/C25H28N6O2S2/c1-17-7-5-13-30-22(17)28-21(27-10-6-12-29-14-11-26-16-29)19(23(30)32)15-20-24(33)31(25(34)35-20)18-8-3-2-4-9-18/h5,7,11,13-16,18,27H,2-4,6,8-10,12H2,1H3/b20-15-. The van der Waals surface area contributed by atoms with Crippen LogP contribution in [0.2, 0.25) is 0 Å². The van der Waals surface area contributed by atoms with Crippen LogP contribution in [-0.2, 0) is 11.3 Å². The van der Waals surface area contributed by atoms with Gasteiger partial charge in [-0.15, -0.1) is 0 Å². The molecule has 0 radical (unpaired) electrons. The summed E-state index contributed by atoms with van der Waals surface area (Å²) in [6.45, 7) is 3.35. The molecule has 3 aromatic rings. The lowest BCUT2D eigenvalue weighted by Gasteiger charge is -2.29. The monoisotopic (exact) mass is 508 g/mol. The molecule has 1 amide bonds. The quantitative estimate of drug-likeness (QED) is 0.290. The Morgan fingerprint density at radius 3 is 2.83 bits per heavy atom. The molecule has 2 aliphatic rings. The molecule has 10 heteroatoms. The lowest BCUT2D eigenvalue weighted by molar-refractivity contribution is -0.124. The van der Waals surface area contributed by atoms with Crippen molar-refractivity contribution >= 4 is 51.7 Å². The minimum atomic E-state index is -0.209. The average Bonchev–Trinajstić information content (AvgIpc) is 3.47. The number of aromatic nitrogens is 4. The third-order valence-corrected chi connectivity index (χ3v) is 7.90. The van der Waals surface area contributed by atoms with Crippen molar-refractivity contribution in [3.05, 3.63) is 63.4 Å². The van der Waals surface area contributed by atoms with E-state index < -0.39 is 0 Å². The number of imidazole rings is 1. The number of anilines is 1. The van der Waals surface area contributed by atoms with Gasteiger partial charge in [-0.1, -0.05) is 49.3 Å². The second kappa shape index (κ2) is 10.3. The molecule has 0 spiro atoms. The molecular weight excluding hydrogens is 480 g/mol. The number of amides is 1. The number of carbonyl (C=O) groups excluding carboxylic acids is 1. The van der Waals surface area contributed by atoms with Crippen molar-refractivity contribution < 1.29 is 4.79 Å². The SMILES string of the molecule is Cc1cccn2c(=O)c(/C=C3\SC(=S)N(C4CCCCC4)C3=O)c(NCCCn3ccnc3)nc12. The van der Waals surface area contributed by atoms with Gasteiger partial charge in [0.05, 0.1) is 16.8 Å². The second-order valence-corrected chi connectivity index (χ2v) is 10.7. The largest absolute Gasteiger partial charge is 0.369 e. The van der Waals surface area contributed by atoms with Crippen LogP contribution in [0.1, 0.15) is 49.7 Å². The molecule has 0 atom stereocenters. The molecular formula is C25H28N6O2S2. The number of thiocarbonyl (C=S) groups is 1. The molecule has 5 rings (SSSR count). The van der Waals surface area contributed by atoms with Crippen molar-refractivity contribution in [1.29, 1.82) is 0 Å². The topological polar surface area (TPSA) is 84.5 Å². The molecule has 182 valence electrons. The third-order valence-electron chi connectivity index (χ3n) is 6.57. The minimum Gasteiger partial charge on any atom is -0.369 e.